The van der Waals surface area contributed by atoms with Gasteiger partial charge in [-0.25, -0.2) is 8.42 Å². The maximum Gasteiger partial charge on any atom is 0.243 e. The summed E-state index contributed by atoms with van der Waals surface area (Å²) in [4.78, 5) is 12.2. The maximum atomic E-state index is 13.0. The van der Waals surface area contributed by atoms with Crippen molar-refractivity contribution in [2.75, 3.05) is 27.3 Å². The summed E-state index contributed by atoms with van der Waals surface area (Å²) in [5, 5.41) is 2.58. The molecule has 1 atom stereocenters. The number of ether oxygens (including phenoxy) is 1. The molecule has 128 valence electrons. The van der Waals surface area contributed by atoms with Crippen LogP contribution in [0.4, 0.5) is 0 Å². The third kappa shape index (κ3) is 3.57. The summed E-state index contributed by atoms with van der Waals surface area (Å²) < 4.78 is 32.8. The zero-order valence-corrected chi connectivity index (χ0v) is 14.6. The number of carbonyl (C=O) groups excluding carboxylic acids is 1. The van der Waals surface area contributed by atoms with Crippen molar-refractivity contribution in [1.82, 2.24) is 9.62 Å². The lowest BCUT2D eigenvalue weighted by Crippen LogP contribution is -2.52. The summed E-state index contributed by atoms with van der Waals surface area (Å²) in [6.45, 7) is 2.51. The van der Waals surface area contributed by atoms with Crippen molar-refractivity contribution in [3.63, 3.8) is 0 Å². The van der Waals surface area contributed by atoms with E-state index >= 15 is 0 Å². The van der Waals surface area contributed by atoms with Gasteiger partial charge in [0.2, 0.25) is 15.9 Å². The molecule has 0 bridgehead atoms. The molecule has 23 heavy (non-hydrogen) atoms. The molecule has 1 aromatic rings. The van der Waals surface area contributed by atoms with E-state index in [2.05, 4.69) is 5.32 Å². The van der Waals surface area contributed by atoms with Gasteiger partial charge in [0.15, 0.2) is 0 Å². The molecule has 1 amide bonds. The Balaban J connectivity index is 2.41. The van der Waals surface area contributed by atoms with Gasteiger partial charge in [0.05, 0.1) is 17.0 Å². The molecule has 0 aliphatic carbocycles. The van der Waals surface area contributed by atoms with E-state index in [9.17, 15) is 13.2 Å². The van der Waals surface area contributed by atoms with E-state index in [1.165, 1.54) is 11.4 Å². The summed E-state index contributed by atoms with van der Waals surface area (Å²) in [6, 6.07) is 6.78. The minimum Gasteiger partial charge on any atom is -0.383 e. The number of rotatable bonds is 6. The van der Waals surface area contributed by atoms with Crippen LogP contribution in [0.1, 0.15) is 24.8 Å². The van der Waals surface area contributed by atoms with Crippen molar-refractivity contribution in [2.24, 2.45) is 0 Å². The first kappa shape index (κ1) is 17.9. The number of aryl methyl sites for hydroxylation is 1. The van der Waals surface area contributed by atoms with Crippen molar-refractivity contribution in [2.45, 2.75) is 36.6 Å². The molecule has 2 rings (SSSR count). The van der Waals surface area contributed by atoms with Crippen LogP contribution >= 0.6 is 0 Å². The van der Waals surface area contributed by atoms with Crippen molar-refractivity contribution >= 4 is 15.9 Å². The molecule has 7 heteroatoms. The number of amides is 1. The number of benzene rings is 1. The lowest BCUT2D eigenvalue weighted by Gasteiger charge is -2.36. The van der Waals surface area contributed by atoms with Crippen LogP contribution in [0, 0.1) is 6.92 Å². The van der Waals surface area contributed by atoms with Crippen LogP contribution in [0.25, 0.3) is 0 Å². The van der Waals surface area contributed by atoms with E-state index in [-0.39, 0.29) is 23.8 Å². The second-order valence-electron chi connectivity index (χ2n) is 6.00. The van der Waals surface area contributed by atoms with Gasteiger partial charge in [0.1, 0.15) is 0 Å². The largest absolute Gasteiger partial charge is 0.383 e. The van der Waals surface area contributed by atoms with E-state index < -0.39 is 15.6 Å². The molecular formula is C16H24N2O4S. The number of sulfonamides is 1. The smallest absolute Gasteiger partial charge is 0.243 e. The van der Waals surface area contributed by atoms with Gasteiger partial charge < -0.3 is 10.1 Å². The van der Waals surface area contributed by atoms with Gasteiger partial charge in [-0.05, 0) is 31.9 Å². The fourth-order valence-corrected chi connectivity index (χ4v) is 4.98. The molecule has 1 aliphatic heterocycles. The number of carbonyl (C=O) groups is 1. The van der Waals surface area contributed by atoms with Crippen LogP contribution in [0.3, 0.4) is 0 Å². The molecular weight excluding hydrogens is 316 g/mol. The first-order chi connectivity index (χ1) is 10.9. The van der Waals surface area contributed by atoms with Crippen LogP contribution in [0.15, 0.2) is 29.2 Å². The minimum absolute atomic E-state index is 0.0996. The number of nitrogens with one attached hydrogen (secondary N) is 1. The first-order valence-corrected chi connectivity index (χ1v) is 9.09. The van der Waals surface area contributed by atoms with Crippen LogP contribution in [-0.2, 0) is 19.6 Å². The number of methoxy groups -OCH3 is 1. The molecule has 1 saturated heterocycles. The van der Waals surface area contributed by atoms with Gasteiger partial charge in [-0.2, -0.15) is 4.31 Å². The Morgan fingerprint density at radius 1 is 1.35 bits per heavy atom. The van der Waals surface area contributed by atoms with Gasteiger partial charge in [0, 0.05) is 27.1 Å². The molecule has 0 unspecified atom stereocenters. The van der Waals surface area contributed by atoms with Gasteiger partial charge in [-0.3, -0.25) is 4.79 Å². The highest BCUT2D eigenvalue weighted by Crippen LogP contribution is 2.37. The van der Waals surface area contributed by atoms with E-state index in [0.29, 0.717) is 19.4 Å². The Bertz CT molecular complexity index is 657. The van der Waals surface area contributed by atoms with Crippen molar-refractivity contribution in [3.8, 4) is 0 Å². The van der Waals surface area contributed by atoms with E-state index in [0.717, 1.165) is 5.56 Å². The Hall–Kier alpha value is -1.44. The summed E-state index contributed by atoms with van der Waals surface area (Å²) in [7, 11) is -0.585. The van der Waals surface area contributed by atoms with E-state index in [1.807, 2.05) is 6.92 Å². The normalized spacial score (nSPS) is 22.2. The van der Waals surface area contributed by atoms with E-state index in [4.69, 9.17) is 4.74 Å². The molecule has 1 heterocycles. The molecule has 0 radical (unpaired) electrons. The predicted octanol–water partition coefficient (Wildman–Crippen LogP) is 1.30. The highest BCUT2D eigenvalue weighted by Gasteiger charge is 2.48. The lowest BCUT2D eigenvalue weighted by molar-refractivity contribution is -0.123. The number of hydrogen-bond donors (Lipinski definition) is 1. The van der Waals surface area contributed by atoms with E-state index in [1.54, 1.807) is 31.3 Å². The molecule has 0 saturated carbocycles. The standard InChI is InChI=1S/C16H24N2O4S/c1-13-5-7-14(8-6-13)23(20,21)18-10-4-9-16(18,12-22-3)11-15(19)17-2/h5-8H,4,9-12H2,1-3H3,(H,17,19)/t16-/m0/s1. The third-order valence-corrected chi connectivity index (χ3v) is 6.34. The first-order valence-electron chi connectivity index (χ1n) is 7.65. The molecule has 1 aliphatic rings. The van der Waals surface area contributed by atoms with Crippen molar-refractivity contribution in [1.29, 1.82) is 0 Å². The second kappa shape index (κ2) is 6.98. The quantitative estimate of drug-likeness (QED) is 0.847. The van der Waals surface area contributed by atoms with Crippen LogP contribution in [-0.4, -0.2) is 51.5 Å². The summed E-state index contributed by atoms with van der Waals surface area (Å²) in [5.74, 6) is -0.187. The average Bonchev–Trinajstić information content (AvgIpc) is 2.92. The molecule has 6 nitrogen and oxygen atoms in total. The number of nitrogens with zero attached hydrogens (tertiary/aromatic N) is 1. The summed E-state index contributed by atoms with van der Waals surface area (Å²) in [5.41, 5.74) is 0.178. The lowest BCUT2D eigenvalue weighted by atomic mass is 9.94. The second-order valence-corrected chi connectivity index (χ2v) is 7.86. The predicted molar refractivity (Wildman–Crippen MR) is 87.6 cm³/mol. The Kier molecular flexibility index (Phi) is 5.44. The maximum absolute atomic E-state index is 13.0. The fraction of sp³-hybridized carbons (Fsp3) is 0.562. The topological polar surface area (TPSA) is 75.7 Å². The van der Waals surface area contributed by atoms with Crippen LogP contribution in [0.5, 0.6) is 0 Å². The van der Waals surface area contributed by atoms with Crippen LogP contribution < -0.4 is 5.32 Å². The Morgan fingerprint density at radius 2 is 2.00 bits per heavy atom. The van der Waals surface area contributed by atoms with Gasteiger partial charge in [-0.1, -0.05) is 17.7 Å². The summed E-state index contributed by atoms with van der Waals surface area (Å²) in [6.07, 6.45) is 1.42. The zero-order valence-electron chi connectivity index (χ0n) is 13.8. The Labute approximate surface area is 137 Å². The third-order valence-electron chi connectivity index (χ3n) is 4.32. The van der Waals surface area contributed by atoms with Gasteiger partial charge in [-0.15, -0.1) is 0 Å². The number of hydrogen-bond acceptors (Lipinski definition) is 4. The molecule has 0 spiro atoms. The molecule has 1 N–H and O–H groups in total. The molecule has 1 fully saturated rings. The summed E-state index contributed by atoms with van der Waals surface area (Å²) >= 11 is 0. The van der Waals surface area contributed by atoms with Crippen LogP contribution in [0.2, 0.25) is 0 Å². The van der Waals surface area contributed by atoms with Crippen molar-refractivity contribution in [3.05, 3.63) is 29.8 Å². The van der Waals surface area contributed by atoms with Gasteiger partial charge in [0.25, 0.3) is 0 Å². The monoisotopic (exact) mass is 340 g/mol. The van der Waals surface area contributed by atoms with Gasteiger partial charge >= 0.3 is 0 Å². The highest BCUT2D eigenvalue weighted by molar-refractivity contribution is 7.89. The minimum atomic E-state index is -3.67. The molecule has 1 aromatic carbocycles. The van der Waals surface area contributed by atoms with Crippen molar-refractivity contribution < 1.29 is 17.9 Å². The molecule has 0 aromatic heterocycles. The Morgan fingerprint density at radius 3 is 2.57 bits per heavy atom. The SMILES string of the molecule is CNC(=O)C[C@]1(COC)CCCN1S(=O)(=O)c1ccc(C)cc1. The fourth-order valence-electron chi connectivity index (χ4n) is 3.15. The highest BCUT2D eigenvalue weighted by atomic mass is 32.2. The average molecular weight is 340 g/mol. The zero-order chi connectivity index (χ0) is 17.1.